The summed E-state index contributed by atoms with van der Waals surface area (Å²) in [4.78, 5) is 22.7. The van der Waals surface area contributed by atoms with Crippen LogP contribution in [-0.4, -0.2) is 29.3 Å². The number of carbonyl (C=O) groups is 2. The Morgan fingerprint density at radius 2 is 1.88 bits per heavy atom. The molecule has 1 atom stereocenters. The maximum atomic E-state index is 12.0. The highest BCUT2D eigenvalue weighted by molar-refractivity contribution is 6.36. The van der Waals surface area contributed by atoms with Gasteiger partial charge in [0.1, 0.15) is 5.75 Å². The minimum absolute atomic E-state index is 0.231. The highest BCUT2D eigenvalue weighted by Gasteiger charge is 2.12. The number of nitrogens with zero attached hydrogens (tertiary/aromatic N) is 1. The molecule has 0 aliphatic rings. The van der Waals surface area contributed by atoms with Gasteiger partial charge in [0.05, 0.1) is 16.8 Å². The molecule has 2 N–H and O–H groups in total. The molecule has 0 aromatic heterocycles. The van der Waals surface area contributed by atoms with E-state index in [4.69, 9.17) is 33.0 Å². The first kappa shape index (κ1) is 18.8. The van der Waals surface area contributed by atoms with Crippen LogP contribution in [0.25, 0.3) is 0 Å². The van der Waals surface area contributed by atoms with Crippen molar-refractivity contribution in [1.82, 2.24) is 5.43 Å². The standard InChI is InChI=1S/C17H14Cl2N2O4/c1-10(17(23)24)25-13-5-2-11(3-6-13)9-20-21-16(22)14-7-4-12(18)8-15(14)19/h2-10H,1H3,(H,21,22)(H,23,24)/b20-9+. The van der Waals surface area contributed by atoms with Crippen LogP contribution < -0.4 is 10.2 Å². The third-order valence-corrected chi connectivity index (χ3v) is 3.64. The normalized spacial score (nSPS) is 12.0. The fourth-order valence-electron chi connectivity index (χ4n) is 1.79. The second kappa shape index (κ2) is 8.50. The van der Waals surface area contributed by atoms with E-state index in [0.29, 0.717) is 16.3 Å². The lowest BCUT2D eigenvalue weighted by molar-refractivity contribution is -0.144. The average Bonchev–Trinajstić information content (AvgIpc) is 2.56. The van der Waals surface area contributed by atoms with Crippen LogP contribution in [0.1, 0.15) is 22.8 Å². The maximum absolute atomic E-state index is 12.0. The highest BCUT2D eigenvalue weighted by Crippen LogP contribution is 2.20. The molecule has 0 saturated heterocycles. The smallest absolute Gasteiger partial charge is 0.344 e. The van der Waals surface area contributed by atoms with Gasteiger partial charge in [-0.3, -0.25) is 4.79 Å². The number of benzene rings is 2. The van der Waals surface area contributed by atoms with Crippen LogP contribution in [0.2, 0.25) is 10.0 Å². The Bertz CT molecular complexity index is 807. The number of hydrogen-bond acceptors (Lipinski definition) is 4. The molecule has 0 aliphatic heterocycles. The van der Waals surface area contributed by atoms with Gasteiger partial charge in [0.15, 0.2) is 6.10 Å². The number of carboxylic acid groups (broad SMARTS) is 1. The molecule has 0 fully saturated rings. The SMILES string of the molecule is CC(Oc1ccc(/C=N/NC(=O)c2ccc(Cl)cc2Cl)cc1)C(=O)O. The molecule has 8 heteroatoms. The van der Waals surface area contributed by atoms with Crippen molar-refractivity contribution in [1.29, 1.82) is 0 Å². The Morgan fingerprint density at radius 3 is 2.48 bits per heavy atom. The summed E-state index contributed by atoms with van der Waals surface area (Å²) in [5, 5.41) is 13.3. The van der Waals surface area contributed by atoms with Crippen LogP contribution in [0.3, 0.4) is 0 Å². The summed E-state index contributed by atoms with van der Waals surface area (Å²) in [6.07, 6.45) is 0.495. The van der Waals surface area contributed by atoms with Crippen LogP contribution in [-0.2, 0) is 4.79 Å². The summed E-state index contributed by atoms with van der Waals surface area (Å²) in [5.74, 6) is -1.09. The second-order valence-electron chi connectivity index (χ2n) is 4.99. The Balaban J connectivity index is 1.95. The first-order valence-corrected chi connectivity index (χ1v) is 7.90. The number of aliphatic carboxylic acids is 1. The molecular weight excluding hydrogens is 367 g/mol. The molecule has 2 rings (SSSR count). The number of hydrogen-bond donors (Lipinski definition) is 2. The van der Waals surface area contributed by atoms with Crippen molar-refractivity contribution in [2.24, 2.45) is 5.10 Å². The van der Waals surface area contributed by atoms with E-state index < -0.39 is 18.0 Å². The van der Waals surface area contributed by atoms with Gasteiger partial charge >= 0.3 is 5.97 Å². The van der Waals surface area contributed by atoms with Gasteiger partial charge in [-0.05, 0) is 55.0 Å². The molecule has 130 valence electrons. The lowest BCUT2D eigenvalue weighted by Crippen LogP contribution is -2.22. The lowest BCUT2D eigenvalue weighted by atomic mass is 10.2. The van der Waals surface area contributed by atoms with Gasteiger partial charge in [-0.1, -0.05) is 23.2 Å². The molecule has 0 saturated carbocycles. The van der Waals surface area contributed by atoms with Crippen molar-refractivity contribution in [2.75, 3.05) is 0 Å². The predicted octanol–water partition coefficient (Wildman–Crippen LogP) is 3.61. The number of carbonyl (C=O) groups excluding carboxylic acids is 1. The van der Waals surface area contributed by atoms with Crippen molar-refractivity contribution >= 4 is 41.3 Å². The summed E-state index contributed by atoms with van der Waals surface area (Å²) in [6.45, 7) is 1.44. The van der Waals surface area contributed by atoms with Gasteiger partial charge in [0.25, 0.3) is 5.91 Å². The number of rotatable bonds is 6. The zero-order valence-corrected chi connectivity index (χ0v) is 14.6. The van der Waals surface area contributed by atoms with E-state index in [9.17, 15) is 9.59 Å². The van der Waals surface area contributed by atoms with E-state index in [2.05, 4.69) is 10.5 Å². The minimum Gasteiger partial charge on any atom is -0.479 e. The van der Waals surface area contributed by atoms with Crippen molar-refractivity contribution in [3.63, 3.8) is 0 Å². The topological polar surface area (TPSA) is 88.0 Å². The molecule has 1 unspecified atom stereocenters. The number of ether oxygens (including phenoxy) is 1. The Labute approximate surface area is 154 Å². The summed E-state index contributed by atoms with van der Waals surface area (Å²) >= 11 is 11.7. The van der Waals surface area contributed by atoms with Crippen LogP contribution in [0.5, 0.6) is 5.75 Å². The first-order chi connectivity index (χ1) is 11.9. The van der Waals surface area contributed by atoms with Crippen LogP contribution in [0.15, 0.2) is 47.6 Å². The molecule has 25 heavy (non-hydrogen) atoms. The maximum Gasteiger partial charge on any atom is 0.344 e. The van der Waals surface area contributed by atoms with Gasteiger partial charge in [-0.15, -0.1) is 0 Å². The molecule has 0 radical (unpaired) electrons. The fourth-order valence-corrected chi connectivity index (χ4v) is 2.28. The molecule has 6 nitrogen and oxygen atoms in total. The van der Waals surface area contributed by atoms with Crippen molar-refractivity contribution in [3.05, 3.63) is 63.6 Å². The molecule has 0 aliphatic carbocycles. The number of nitrogens with one attached hydrogen (secondary N) is 1. The van der Waals surface area contributed by atoms with E-state index in [1.54, 1.807) is 30.3 Å². The number of hydrazone groups is 1. The van der Waals surface area contributed by atoms with Crippen molar-refractivity contribution < 1.29 is 19.4 Å². The first-order valence-electron chi connectivity index (χ1n) is 7.15. The van der Waals surface area contributed by atoms with Gasteiger partial charge in [-0.25, -0.2) is 10.2 Å². The van der Waals surface area contributed by atoms with E-state index in [1.165, 1.54) is 25.3 Å². The highest BCUT2D eigenvalue weighted by atomic mass is 35.5. The van der Waals surface area contributed by atoms with E-state index in [1.807, 2.05) is 0 Å². The van der Waals surface area contributed by atoms with Crippen molar-refractivity contribution in [3.8, 4) is 5.75 Å². The molecule has 2 aromatic carbocycles. The Kier molecular flexibility index (Phi) is 6.38. The summed E-state index contributed by atoms with van der Waals surface area (Å²) in [6, 6.07) is 11.1. The predicted molar refractivity (Wildman–Crippen MR) is 95.7 cm³/mol. The lowest BCUT2D eigenvalue weighted by Gasteiger charge is -2.09. The van der Waals surface area contributed by atoms with Crippen LogP contribution in [0, 0.1) is 0 Å². The van der Waals surface area contributed by atoms with E-state index in [-0.39, 0.29) is 10.6 Å². The quantitative estimate of drug-likeness (QED) is 0.591. The fraction of sp³-hybridized carbons (Fsp3) is 0.118. The van der Waals surface area contributed by atoms with Crippen LogP contribution in [0.4, 0.5) is 0 Å². The summed E-state index contributed by atoms with van der Waals surface area (Å²) in [5.41, 5.74) is 3.31. The average molecular weight is 381 g/mol. The largest absolute Gasteiger partial charge is 0.479 e. The van der Waals surface area contributed by atoms with Gasteiger partial charge in [0, 0.05) is 5.02 Å². The minimum atomic E-state index is -1.05. The Hall–Kier alpha value is -2.57. The van der Waals surface area contributed by atoms with Crippen molar-refractivity contribution in [2.45, 2.75) is 13.0 Å². The number of amides is 1. The zero-order chi connectivity index (χ0) is 18.4. The van der Waals surface area contributed by atoms with Gasteiger partial charge in [-0.2, -0.15) is 5.10 Å². The van der Waals surface area contributed by atoms with Crippen LogP contribution >= 0.6 is 23.2 Å². The molecule has 0 heterocycles. The summed E-state index contributed by atoms with van der Waals surface area (Å²) < 4.78 is 5.21. The summed E-state index contributed by atoms with van der Waals surface area (Å²) in [7, 11) is 0. The zero-order valence-electron chi connectivity index (χ0n) is 13.1. The number of halogens is 2. The second-order valence-corrected chi connectivity index (χ2v) is 5.83. The third-order valence-electron chi connectivity index (χ3n) is 3.10. The molecule has 1 amide bonds. The van der Waals surface area contributed by atoms with Gasteiger partial charge in [0.2, 0.25) is 0 Å². The Morgan fingerprint density at radius 1 is 1.20 bits per heavy atom. The third kappa shape index (κ3) is 5.48. The van der Waals surface area contributed by atoms with E-state index >= 15 is 0 Å². The van der Waals surface area contributed by atoms with Gasteiger partial charge < -0.3 is 9.84 Å². The molecular formula is C17H14Cl2N2O4. The molecule has 0 bridgehead atoms. The molecule has 2 aromatic rings. The molecule has 0 spiro atoms. The van der Waals surface area contributed by atoms with E-state index in [0.717, 1.165) is 0 Å². The number of carboxylic acids is 1. The monoisotopic (exact) mass is 380 g/mol.